The molecule has 3 nitrogen and oxygen atoms in total. The second-order valence-corrected chi connectivity index (χ2v) is 5.83. The number of hydrogen-bond donors (Lipinski definition) is 1. The predicted molar refractivity (Wildman–Crippen MR) is 96.9 cm³/mol. The van der Waals surface area contributed by atoms with Crippen molar-refractivity contribution in [3.8, 4) is 0 Å². The molecule has 1 atom stereocenters. The number of para-hydroxylation sites is 1. The van der Waals surface area contributed by atoms with Crippen LogP contribution in [0, 0.1) is 6.92 Å². The monoisotopic (exact) mass is 316 g/mol. The zero-order chi connectivity index (χ0) is 16.8. The molecule has 0 spiro atoms. The third-order valence-corrected chi connectivity index (χ3v) is 4.08. The van der Waals surface area contributed by atoms with Gasteiger partial charge in [0.2, 0.25) is 5.91 Å². The van der Waals surface area contributed by atoms with Gasteiger partial charge in [-0.1, -0.05) is 54.6 Å². The fourth-order valence-corrected chi connectivity index (χ4v) is 2.73. The zero-order valence-electron chi connectivity index (χ0n) is 13.6. The minimum Gasteiger partial charge on any atom is -0.325 e. The van der Waals surface area contributed by atoms with Crippen LogP contribution in [0.25, 0.3) is 0 Å². The highest BCUT2D eigenvalue weighted by Gasteiger charge is 2.21. The Morgan fingerprint density at radius 3 is 2.46 bits per heavy atom. The average Bonchev–Trinajstić information content (AvgIpc) is 2.63. The number of anilines is 1. The molecule has 3 heteroatoms. The molecule has 1 N–H and O–H groups in total. The summed E-state index contributed by atoms with van der Waals surface area (Å²) < 4.78 is 0. The molecule has 0 aliphatic heterocycles. The molecule has 0 bridgehead atoms. The maximum absolute atomic E-state index is 12.9. The molecule has 0 saturated carbocycles. The molecule has 0 saturated heterocycles. The molecule has 3 aromatic rings. The lowest BCUT2D eigenvalue weighted by atomic mass is 9.91. The number of nitrogens with one attached hydrogen (secondary N) is 1. The van der Waals surface area contributed by atoms with Gasteiger partial charge in [-0.2, -0.15) is 0 Å². The molecule has 120 valence electrons. The minimum atomic E-state index is -0.255. The molecule has 1 amide bonds. The maximum Gasteiger partial charge on any atom is 0.232 e. The van der Waals surface area contributed by atoms with E-state index in [0.29, 0.717) is 6.42 Å². The van der Waals surface area contributed by atoms with E-state index in [1.807, 2.05) is 79.9 Å². The van der Waals surface area contributed by atoms with Crippen molar-refractivity contribution >= 4 is 11.6 Å². The van der Waals surface area contributed by atoms with Gasteiger partial charge >= 0.3 is 0 Å². The Hall–Kier alpha value is -2.94. The Morgan fingerprint density at radius 1 is 1.00 bits per heavy atom. The van der Waals surface area contributed by atoms with Crippen LogP contribution in [0.5, 0.6) is 0 Å². The van der Waals surface area contributed by atoms with Gasteiger partial charge in [0, 0.05) is 18.1 Å². The molecule has 3 rings (SSSR count). The summed E-state index contributed by atoms with van der Waals surface area (Å²) in [4.78, 5) is 17.1. The molecule has 2 aromatic carbocycles. The van der Waals surface area contributed by atoms with Crippen molar-refractivity contribution in [1.29, 1.82) is 0 Å². The van der Waals surface area contributed by atoms with E-state index < -0.39 is 0 Å². The Bertz CT molecular complexity index is 800. The van der Waals surface area contributed by atoms with Crippen LogP contribution in [0.4, 0.5) is 5.69 Å². The summed E-state index contributed by atoms with van der Waals surface area (Å²) in [6.45, 7) is 1.99. The van der Waals surface area contributed by atoms with Crippen molar-refractivity contribution in [2.24, 2.45) is 0 Å². The lowest BCUT2D eigenvalue weighted by Crippen LogP contribution is -2.23. The van der Waals surface area contributed by atoms with E-state index in [9.17, 15) is 4.79 Å². The number of benzene rings is 2. The van der Waals surface area contributed by atoms with Gasteiger partial charge in [-0.05, 0) is 42.2 Å². The normalized spacial score (nSPS) is 11.7. The van der Waals surface area contributed by atoms with Crippen LogP contribution < -0.4 is 5.32 Å². The predicted octanol–water partition coefficient (Wildman–Crippen LogP) is 4.36. The van der Waals surface area contributed by atoms with Crippen molar-refractivity contribution in [3.63, 3.8) is 0 Å². The first-order chi connectivity index (χ1) is 11.7. The lowest BCUT2D eigenvalue weighted by Gasteiger charge is -2.18. The van der Waals surface area contributed by atoms with E-state index in [1.54, 1.807) is 6.20 Å². The Morgan fingerprint density at radius 2 is 1.75 bits per heavy atom. The summed E-state index contributed by atoms with van der Waals surface area (Å²) in [5.41, 5.74) is 3.97. The number of aryl methyl sites for hydroxylation is 1. The molecule has 1 heterocycles. The van der Waals surface area contributed by atoms with E-state index in [4.69, 9.17) is 0 Å². The quantitative estimate of drug-likeness (QED) is 0.760. The molecular weight excluding hydrogens is 296 g/mol. The van der Waals surface area contributed by atoms with E-state index in [-0.39, 0.29) is 11.8 Å². The Labute approximate surface area is 142 Å². The van der Waals surface area contributed by atoms with Crippen LogP contribution in [-0.4, -0.2) is 10.9 Å². The summed E-state index contributed by atoms with van der Waals surface area (Å²) in [7, 11) is 0. The second kappa shape index (κ2) is 7.55. The molecular formula is C21H20N2O. The van der Waals surface area contributed by atoms with Crippen LogP contribution in [0.15, 0.2) is 79.1 Å². The summed E-state index contributed by atoms with van der Waals surface area (Å²) in [5.74, 6) is -0.255. The van der Waals surface area contributed by atoms with Crippen molar-refractivity contribution in [2.75, 3.05) is 5.32 Å². The SMILES string of the molecule is Cc1ccccc1NC(=O)C(Cc1cccnc1)c1ccccc1. The first kappa shape index (κ1) is 15.9. The smallest absolute Gasteiger partial charge is 0.232 e. The number of rotatable bonds is 5. The van der Waals surface area contributed by atoms with Crippen molar-refractivity contribution in [1.82, 2.24) is 4.98 Å². The topological polar surface area (TPSA) is 42.0 Å². The summed E-state index contributed by atoms with van der Waals surface area (Å²) in [6.07, 6.45) is 4.18. The molecule has 1 unspecified atom stereocenters. The molecule has 0 fully saturated rings. The van der Waals surface area contributed by atoms with E-state index in [2.05, 4.69) is 10.3 Å². The van der Waals surface area contributed by atoms with Gasteiger partial charge < -0.3 is 5.32 Å². The summed E-state index contributed by atoms with van der Waals surface area (Å²) >= 11 is 0. The van der Waals surface area contributed by atoms with Crippen LogP contribution in [0.2, 0.25) is 0 Å². The second-order valence-electron chi connectivity index (χ2n) is 5.83. The van der Waals surface area contributed by atoms with Gasteiger partial charge in [0.15, 0.2) is 0 Å². The van der Waals surface area contributed by atoms with Gasteiger partial charge in [0.1, 0.15) is 0 Å². The number of aromatic nitrogens is 1. The van der Waals surface area contributed by atoms with Crippen molar-refractivity contribution in [3.05, 3.63) is 95.8 Å². The average molecular weight is 316 g/mol. The molecule has 24 heavy (non-hydrogen) atoms. The van der Waals surface area contributed by atoms with E-state index in [0.717, 1.165) is 22.4 Å². The number of pyridine rings is 1. The number of carbonyl (C=O) groups excluding carboxylic acids is 1. The molecule has 0 aliphatic rings. The van der Waals surface area contributed by atoms with Gasteiger partial charge in [0.05, 0.1) is 5.92 Å². The fourth-order valence-electron chi connectivity index (χ4n) is 2.73. The third kappa shape index (κ3) is 3.87. The fraction of sp³-hybridized carbons (Fsp3) is 0.143. The maximum atomic E-state index is 12.9. The summed E-state index contributed by atoms with van der Waals surface area (Å²) in [5, 5.41) is 3.07. The highest BCUT2D eigenvalue weighted by atomic mass is 16.1. The van der Waals surface area contributed by atoms with Gasteiger partial charge in [-0.3, -0.25) is 9.78 Å². The van der Waals surface area contributed by atoms with E-state index >= 15 is 0 Å². The minimum absolute atomic E-state index is 0.000599. The van der Waals surface area contributed by atoms with Crippen LogP contribution in [0.1, 0.15) is 22.6 Å². The molecule has 1 aromatic heterocycles. The van der Waals surface area contributed by atoms with Crippen LogP contribution >= 0.6 is 0 Å². The third-order valence-electron chi connectivity index (χ3n) is 4.08. The number of carbonyl (C=O) groups is 1. The molecule has 0 radical (unpaired) electrons. The van der Waals surface area contributed by atoms with Crippen molar-refractivity contribution in [2.45, 2.75) is 19.3 Å². The van der Waals surface area contributed by atoms with Crippen LogP contribution in [0.3, 0.4) is 0 Å². The van der Waals surface area contributed by atoms with Crippen LogP contribution in [-0.2, 0) is 11.2 Å². The summed E-state index contributed by atoms with van der Waals surface area (Å²) in [6, 6.07) is 21.6. The largest absolute Gasteiger partial charge is 0.325 e. The van der Waals surface area contributed by atoms with Gasteiger partial charge in [-0.25, -0.2) is 0 Å². The standard InChI is InChI=1S/C21H20N2O/c1-16-8-5-6-12-20(16)23-21(24)19(18-10-3-2-4-11-18)14-17-9-7-13-22-15-17/h2-13,15,19H,14H2,1H3,(H,23,24). The van der Waals surface area contributed by atoms with Gasteiger partial charge in [0.25, 0.3) is 0 Å². The van der Waals surface area contributed by atoms with E-state index in [1.165, 1.54) is 0 Å². The number of nitrogens with zero attached hydrogens (tertiary/aromatic N) is 1. The zero-order valence-corrected chi connectivity index (χ0v) is 13.6. The number of hydrogen-bond acceptors (Lipinski definition) is 2. The Balaban J connectivity index is 1.87. The highest BCUT2D eigenvalue weighted by molar-refractivity contribution is 5.96. The first-order valence-electron chi connectivity index (χ1n) is 8.04. The van der Waals surface area contributed by atoms with Gasteiger partial charge in [-0.15, -0.1) is 0 Å². The van der Waals surface area contributed by atoms with Crippen molar-refractivity contribution < 1.29 is 4.79 Å². The first-order valence-corrected chi connectivity index (χ1v) is 8.04. The number of amides is 1. The highest BCUT2D eigenvalue weighted by Crippen LogP contribution is 2.24. The lowest BCUT2D eigenvalue weighted by molar-refractivity contribution is -0.117. The molecule has 0 aliphatic carbocycles. The Kier molecular flexibility index (Phi) is 5.02.